The van der Waals surface area contributed by atoms with E-state index in [4.69, 9.17) is 0 Å². The maximum absolute atomic E-state index is 12.8. The molecule has 1 unspecified atom stereocenters. The van der Waals surface area contributed by atoms with Gasteiger partial charge in [-0.2, -0.15) is 0 Å². The zero-order valence-electron chi connectivity index (χ0n) is 19.4. The molecule has 0 aromatic carbocycles. The van der Waals surface area contributed by atoms with E-state index < -0.39 is 10.0 Å². The molecule has 1 atom stereocenters. The number of aryl methyl sites for hydroxylation is 1. The summed E-state index contributed by atoms with van der Waals surface area (Å²) in [7, 11) is -1.37. The van der Waals surface area contributed by atoms with Crippen LogP contribution in [0.15, 0.2) is 41.6 Å². The molecular formula is C24H33N3O3S2. The Balaban J connectivity index is 1.79. The minimum Gasteiger partial charge on any atom is -0.317 e. The van der Waals surface area contributed by atoms with E-state index in [9.17, 15) is 13.2 Å². The van der Waals surface area contributed by atoms with Crippen molar-refractivity contribution in [1.82, 2.24) is 13.9 Å². The van der Waals surface area contributed by atoms with Crippen molar-refractivity contribution in [3.8, 4) is 11.1 Å². The van der Waals surface area contributed by atoms with E-state index >= 15 is 0 Å². The number of thiophene rings is 1. The lowest BCUT2D eigenvalue weighted by atomic mass is 9.95. The summed E-state index contributed by atoms with van der Waals surface area (Å²) in [5.41, 5.74) is 2.06. The molecule has 0 spiro atoms. The first kappa shape index (κ1) is 24.6. The first-order valence-corrected chi connectivity index (χ1v) is 13.9. The normalized spacial score (nSPS) is 13.2. The summed E-state index contributed by atoms with van der Waals surface area (Å²) >= 11 is 1.69. The quantitative estimate of drug-likeness (QED) is 0.404. The van der Waals surface area contributed by atoms with Crippen molar-refractivity contribution in [2.45, 2.75) is 46.0 Å². The number of fused-ring (bicyclic) bond motifs is 1. The van der Waals surface area contributed by atoms with Crippen molar-refractivity contribution in [3.05, 3.63) is 52.0 Å². The Morgan fingerprint density at radius 2 is 2.03 bits per heavy atom. The summed E-state index contributed by atoms with van der Waals surface area (Å²) in [6, 6.07) is 5.97. The highest BCUT2D eigenvalue weighted by atomic mass is 32.2. The Bertz CT molecular complexity index is 1200. The lowest BCUT2D eigenvalue weighted by Gasteiger charge is -2.20. The number of hydrogen-bond acceptors (Lipinski definition) is 5. The molecule has 0 aliphatic carbocycles. The lowest BCUT2D eigenvalue weighted by Crippen LogP contribution is -2.32. The second-order valence-corrected chi connectivity index (χ2v) is 11.6. The fourth-order valence-corrected chi connectivity index (χ4v) is 6.38. The third-order valence-electron chi connectivity index (χ3n) is 5.90. The van der Waals surface area contributed by atoms with E-state index in [1.165, 1.54) is 11.1 Å². The van der Waals surface area contributed by atoms with Gasteiger partial charge in [0.15, 0.2) is 0 Å². The van der Waals surface area contributed by atoms with Crippen LogP contribution in [0.4, 0.5) is 0 Å². The van der Waals surface area contributed by atoms with Crippen LogP contribution in [-0.2, 0) is 23.5 Å². The van der Waals surface area contributed by atoms with E-state index in [1.54, 1.807) is 33.5 Å². The highest BCUT2D eigenvalue weighted by Crippen LogP contribution is 2.34. The lowest BCUT2D eigenvalue weighted by molar-refractivity contribution is 0.372. The van der Waals surface area contributed by atoms with Crippen LogP contribution in [0.2, 0.25) is 0 Å². The Labute approximate surface area is 195 Å². The molecule has 0 bridgehead atoms. The van der Waals surface area contributed by atoms with Gasteiger partial charge in [-0.05, 0) is 43.7 Å². The zero-order valence-corrected chi connectivity index (χ0v) is 21.0. The Kier molecular flexibility index (Phi) is 8.25. The van der Waals surface area contributed by atoms with E-state index in [2.05, 4.69) is 11.9 Å². The Hall–Kier alpha value is -2.03. The van der Waals surface area contributed by atoms with Crippen LogP contribution in [0.5, 0.6) is 0 Å². The van der Waals surface area contributed by atoms with Gasteiger partial charge < -0.3 is 4.57 Å². The third kappa shape index (κ3) is 5.85. The number of pyridine rings is 2. The van der Waals surface area contributed by atoms with Crippen LogP contribution in [0.3, 0.4) is 0 Å². The summed E-state index contributed by atoms with van der Waals surface area (Å²) < 4.78 is 28.2. The number of sulfonamides is 1. The van der Waals surface area contributed by atoms with Crippen molar-refractivity contribution >= 4 is 31.4 Å². The summed E-state index contributed by atoms with van der Waals surface area (Å²) in [5.74, 6) is 0.455. The van der Waals surface area contributed by atoms with Crippen molar-refractivity contribution in [2.75, 3.05) is 19.3 Å². The zero-order chi connectivity index (χ0) is 23.3. The maximum Gasteiger partial charge on any atom is 0.259 e. The van der Waals surface area contributed by atoms with Crippen LogP contribution in [0.1, 0.15) is 44.4 Å². The Morgan fingerprint density at radius 3 is 2.66 bits per heavy atom. The molecule has 0 saturated heterocycles. The van der Waals surface area contributed by atoms with Gasteiger partial charge in [0.05, 0.1) is 11.6 Å². The van der Waals surface area contributed by atoms with Crippen LogP contribution < -0.4 is 5.56 Å². The highest BCUT2D eigenvalue weighted by molar-refractivity contribution is 7.88. The van der Waals surface area contributed by atoms with Gasteiger partial charge in [-0.1, -0.05) is 26.3 Å². The maximum atomic E-state index is 12.8. The SMILES string of the molecule is CCCN(CCCC(CC)Cc1cc2c(=O)n(C)cc(-c3cccnc3)c2s1)S(C)(=O)=O. The largest absolute Gasteiger partial charge is 0.317 e. The highest BCUT2D eigenvalue weighted by Gasteiger charge is 2.18. The molecule has 0 radical (unpaired) electrons. The molecular weight excluding hydrogens is 442 g/mol. The van der Waals surface area contributed by atoms with Gasteiger partial charge in [-0.25, -0.2) is 12.7 Å². The molecule has 0 aliphatic heterocycles. The first-order valence-electron chi connectivity index (χ1n) is 11.2. The molecule has 6 nitrogen and oxygen atoms in total. The average Bonchev–Trinajstić information content (AvgIpc) is 3.18. The summed E-state index contributed by atoms with van der Waals surface area (Å²) in [5, 5.41) is 0.759. The van der Waals surface area contributed by atoms with Crippen LogP contribution in [-0.4, -0.2) is 41.6 Å². The second kappa shape index (κ2) is 10.7. The van der Waals surface area contributed by atoms with Gasteiger partial charge in [0.1, 0.15) is 0 Å². The van der Waals surface area contributed by atoms with Gasteiger partial charge in [0.2, 0.25) is 10.0 Å². The molecule has 3 aromatic rings. The predicted octanol–water partition coefficient (Wildman–Crippen LogP) is 4.68. The summed E-state index contributed by atoms with van der Waals surface area (Å²) in [6.45, 7) is 5.32. The monoisotopic (exact) mass is 475 g/mol. The minimum atomic E-state index is -3.15. The van der Waals surface area contributed by atoms with Gasteiger partial charge in [0, 0.05) is 59.4 Å². The van der Waals surface area contributed by atoms with Gasteiger partial charge in [-0.3, -0.25) is 9.78 Å². The second-order valence-electron chi connectivity index (χ2n) is 8.44. The van der Waals surface area contributed by atoms with Gasteiger partial charge >= 0.3 is 0 Å². The van der Waals surface area contributed by atoms with E-state index in [-0.39, 0.29) is 5.56 Å². The summed E-state index contributed by atoms with van der Waals surface area (Å²) in [4.78, 5) is 18.2. The molecule has 0 N–H and O–H groups in total. The standard InChI is InChI=1S/C24H33N3O3S2/c1-5-12-27(32(4,29)30)13-8-9-18(6-2)14-20-15-21-23(31-20)22(17-26(3)24(21)28)19-10-7-11-25-16-19/h7,10-11,15-18H,5-6,8-9,12-14H2,1-4H3. The van der Waals surface area contributed by atoms with Crippen LogP contribution >= 0.6 is 11.3 Å². The molecule has 3 aromatic heterocycles. The number of nitrogens with zero attached hydrogens (tertiary/aromatic N) is 3. The van der Waals surface area contributed by atoms with Gasteiger partial charge in [0.25, 0.3) is 5.56 Å². The fourth-order valence-electron chi connectivity index (χ4n) is 4.11. The van der Waals surface area contributed by atoms with E-state index in [0.717, 1.165) is 53.3 Å². The molecule has 8 heteroatoms. The van der Waals surface area contributed by atoms with Gasteiger partial charge in [-0.15, -0.1) is 11.3 Å². The van der Waals surface area contributed by atoms with E-state index in [1.807, 2.05) is 37.5 Å². The van der Waals surface area contributed by atoms with E-state index in [0.29, 0.717) is 19.0 Å². The molecule has 0 amide bonds. The van der Waals surface area contributed by atoms with Crippen molar-refractivity contribution in [1.29, 1.82) is 0 Å². The number of aromatic nitrogens is 2. The molecule has 0 aliphatic rings. The van der Waals surface area contributed by atoms with Crippen molar-refractivity contribution in [3.63, 3.8) is 0 Å². The minimum absolute atomic E-state index is 0.0200. The topological polar surface area (TPSA) is 72.3 Å². The molecule has 3 rings (SSSR count). The Morgan fingerprint density at radius 1 is 1.25 bits per heavy atom. The smallest absolute Gasteiger partial charge is 0.259 e. The molecule has 0 saturated carbocycles. The van der Waals surface area contributed by atoms with Crippen molar-refractivity contribution < 1.29 is 8.42 Å². The number of rotatable bonds is 11. The average molecular weight is 476 g/mol. The number of hydrogen-bond donors (Lipinski definition) is 0. The first-order chi connectivity index (χ1) is 15.2. The molecule has 0 fully saturated rings. The van der Waals surface area contributed by atoms with Crippen LogP contribution in [0, 0.1) is 5.92 Å². The third-order valence-corrected chi connectivity index (χ3v) is 8.40. The molecule has 3 heterocycles. The summed E-state index contributed by atoms with van der Waals surface area (Å²) in [6.07, 6.45) is 11.3. The van der Waals surface area contributed by atoms with Crippen LogP contribution in [0.25, 0.3) is 21.2 Å². The molecule has 32 heavy (non-hydrogen) atoms. The van der Waals surface area contributed by atoms with Crippen molar-refractivity contribution in [2.24, 2.45) is 13.0 Å². The molecule has 174 valence electrons. The fraction of sp³-hybridized carbons (Fsp3) is 0.500. The predicted molar refractivity (Wildman–Crippen MR) is 134 cm³/mol.